The largest absolute Gasteiger partial charge is 0.461 e. The molecule has 1 fully saturated rings. The van der Waals surface area contributed by atoms with Gasteiger partial charge in [-0.25, -0.2) is 22.5 Å². The van der Waals surface area contributed by atoms with Crippen LogP contribution in [0.1, 0.15) is 41.7 Å². The first-order valence-electron chi connectivity index (χ1n) is 8.86. The number of halogens is 4. The van der Waals surface area contributed by atoms with Crippen LogP contribution >= 0.6 is 11.6 Å². The van der Waals surface area contributed by atoms with Gasteiger partial charge < -0.3 is 9.72 Å². The van der Waals surface area contributed by atoms with Crippen LogP contribution in [0.5, 0.6) is 0 Å². The number of ether oxygens (including phenoxy) is 1. The highest BCUT2D eigenvalue weighted by Gasteiger charge is 2.48. The number of aromatic amines is 1. The first-order chi connectivity index (χ1) is 13.7. The fraction of sp³-hybridized carbons (Fsp3) is 0.316. The summed E-state index contributed by atoms with van der Waals surface area (Å²) in [7, 11) is 0. The fourth-order valence-electron chi connectivity index (χ4n) is 3.52. The topological polar surface area (TPSA) is 76.5 Å². The Labute approximate surface area is 167 Å². The molecule has 3 aromatic rings. The number of H-pyrrole nitrogens is 1. The lowest BCUT2D eigenvalue weighted by Crippen LogP contribution is -2.35. The van der Waals surface area contributed by atoms with E-state index in [9.17, 15) is 22.8 Å². The number of nitrogens with one attached hydrogen (secondary N) is 1. The number of hydrogen-bond acceptors (Lipinski definition) is 4. The monoisotopic (exact) mass is 425 g/mol. The summed E-state index contributed by atoms with van der Waals surface area (Å²) >= 11 is 5.69. The molecule has 6 nitrogen and oxygen atoms in total. The van der Waals surface area contributed by atoms with Gasteiger partial charge in [0.1, 0.15) is 11.3 Å². The maximum atomic E-state index is 13.8. The van der Waals surface area contributed by atoms with E-state index in [4.69, 9.17) is 16.3 Å². The maximum absolute atomic E-state index is 13.8. The molecule has 10 heteroatoms. The van der Waals surface area contributed by atoms with Gasteiger partial charge in [0.15, 0.2) is 5.69 Å². The van der Waals surface area contributed by atoms with Crippen LogP contribution < -0.4 is 5.56 Å². The Bertz CT molecular complexity index is 1180. The van der Waals surface area contributed by atoms with E-state index in [1.807, 2.05) is 0 Å². The first-order valence-corrected chi connectivity index (χ1v) is 9.24. The molecule has 4 rings (SSSR count). The molecule has 0 amide bonds. The third-order valence-corrected chi connectivity index (χ3v) is 5.17. The number of rotatable bonds is 4. The Morgan fingerprint density at radius 2 is 2.14 bits per heavy atom. The second-order valence-electron chi connectivity index (χ2n) is 6.86. The average molecular weight is 426 g/mol. The van der Waals surface area contributed by atoms with Gasteiger partial charge in [0.2, 0.25) is 5.92 Å². The number of carbonyl (C=O) groups excluding carboxylic acids is 1. The summed E-state index contributed by atoms with van der Waals surface area (Å²) in [6.45, 7) is 1.67. The van der Waals surface area contributed by atoms with Crippen LogP contribution in [0.3, 0.4) is 0 Å². The molecule has 0 aliphatic heterocycles. The molecular formula is C19H15ClF3N3O3. The highest BCUT2D eigenvalue weighted by atomic mass is 35.5. The van der Waals surface area contributed by atoms with Gasteiger partial charge in [-0.15, -0.1) is 0 Å². The molecule has 1 aliphatic rings. The van der Waals surface area contributed by atoms with Crippen molar-refractivity contribution in [3.05, 3.63) is 56.8 Å². The summed E-state index contributed by atoms with van der Waals surface area (Å²) in [6.07, 6.45) is 0.428. The van der Waals surface area contributed by atoms with Crippen molar-refractivity contribution in [1.82, 2.24) is 14.6 Å². The molecule has 2 heterocycles. The van der Waals surface area contributed by atoms with Crippen LogP contribution in [0.15, 0.2) is 29.2 Å². The third-order valence-electron chi connectivity index (χ3n) is 4.86. The molecular weight excluding hydrogens is 411 g/mol. The lowest BCUT2D eigenvalue weighted by molar-refractivity contribution is -0.0866. The highest BCUT2D eigenvalue weighted by molar-refractivity contribution is 6.30. The number of alkyl halides is 2. The number of fused-ring (bicyclic) bond motifs is 1. The number of benzene rings is 1. The zero-order valence-electron chi connectivity index (χ0n) is 15.1. The van der Waals surface area contributed by atoms with E-state index in [2.05, 4.69) is 10.1 Å². The number of aromatic nitrogens is 3. The Morgan fingerprint density at radius 1 is 1.41 bits per heavy atom. The van der Waals surface area contributed by atoms with Gasteiger partial charge in [0, 0.05) is 29.9 Å². The second kappa shape index (κ2) is 6.91. The van der Waals surface area contributed by atoms with Crippen molar-refractivity contribution in [2.75, 3.05) is 6.61 Å². The molecule has 152 valence electrons. The summed E-state index contributed by atoms with van der Waals surface area (Å²) in [5.41, 5.74) is -0.114. The van der Waals surface area contributed by atoms with Gasteiger partial charge in [-0.1, -0.05) is 17.7 Å². The first kappa shape index (κ1) is 19.5. The van der Waals surface area contributed by atoms with Crippen molar-refractivity contribution < 1.29 is 22.7 Å². The highest BCUT2D eigenvalue weighted by Crippen LogP contribution is 2.49. The summed E-state index contributed by atoms with van der Waals surface area (Å²) in [5.74, 6) is -5.00. The van der Waals surface area contributed by atoms with Gasteiger partial charge in [0.05, 0.1) is 23.5 Å². The van der Waals surface area contributed by atoms with Crippen LogP contribution in [-0.2, 0) is 4.74 Å². The third kappa shape index (κ3) is 3.39. The van der Waals surface area contributed by atoms with E-state index in [1.54, 1.807) is 6.92 Å². The van der Waals surface area contributed by atoms with E-state index in [-0.39, 0.29) is 34.1 Å². The van der Waals surface area contributed by atoms with Crippen molar-refractivity contribution in [3.63, 3.8) is 0 Å². The Kier molecular flexibility index (Phi) is 4.65. The zero-order valence-corrected chi connectivity index (χ0v) is 15.9. The molecule has 1 aromatic carbocycles. The molecule has 1 N–H and O–H groups in total. The standard InChI is InChI=1S/C19H15ClF3N3O3/c1-2-29-18(28)15-14(10-6-19(22,23)7-10)16-17(27)24-13(8-26(16)25-15)9-3-4-11(20)12(21)5-9/h3-5,8,10H,2,6-7H2,1H3,(H,24,27). The molecule has 0 spiro atoms. The SMILES string of the molecule is CCOC(=O)c1nn2cc(-c3ccc(Cl)c(F)c3)[nH]c(=O)c2c1C1CC(F)(F)C1. The van der Waals surface area contributed by atoms with Crippen LogP contribution in [0.2, 0.25) is 5.02 Å². The Balaban J connectivity index is 1.89. The van der Waals surface area contributed by atoms with E-state index in [0.717, 1.165) is 10.6 Å². The average Bonchev–Trinajstić information content (AvgIpc) is 3.02. The van der Waals surface area contributed by atoms with Crippen LogP contribution in [0.25, 0.3) is 16.8 Å². The molecule has 29 heavy (non-hydrogen) atoms. The molecule has 0 unspecified atom stereocenters. The van der Waals surface area contributed by atoms with E-state index >= 15 is 0 Å². The van der Waals surface area contributed by atoms with Gasteiger partial charge >= 0.3 is 5.97 Å². The normalized spacial score (nSPS) is 16.0. The number of carbonyl (C=O) groups is 1. The Morgan fingerprint density at radius 3 is 2.76 bits per heavy atom. The lowest BCUT2D eigenvalue weighted by Gasteiger charge is -2.34. The summed E-state index contributed by atoms with van der Waals surface area (Å²) < 4.78 is 46.8. The summed E-state index contributed by atoms with van der Waals surface area (Å²) in [6, 6.07) is 3.98. The molecule has 0 saturated heterocycles. The molecule has 0 bridgehead atoms. The maximum Gasteiger partial charge on any atom is 0.359 e. The van der Waals surface area contributed by atoms with E-state index < -0.39 is 42.0 Å². The Hall–Kier alpha value is -2.81. The minimum atomic E-state index is -2.85. The molecule has 0 atom stereocenters. The fourth-order valence-corrected chi connectivity index (χ4v) is 3.63. The van der Waals surface area contributed by atoms with Crippen molar-refractivity contribution in [1.29, 1.82) is 0 Å². The van der Waals surface area contributed by atoms with E-state index in [1.165, 1.54) is 18.3 Å². The minimum absolute atomic E-state index is 0.00765. The predicted octanol–water partition coefficient (Wildman–Crippen LogP) is 4.17. The van der Waals surface area contributed by atoms with Crippen molar-refractivity contribution in [2.45, 2.75) is 31.6 Å². The van der Waals surface area contributed by atoms with Gasteiger partial charge in [-0.05, 0) is 19.1 Å². The van der Waals surface area contributed by atoms with Crippen LogP contribution in [0, 0.1) is 5.82 Å². The predicted molar refractivity (Wildman–Crippen MR) is 99.1 cm³/mol. The van der Waals surface area contributed by atoms with E-state index in [0.29, 0.717) is 5.56 Å². The van der Waals surface area contributed by atoms with Crippen molar-refractivity contribution >= 4 is 23.1 Å². The van der Waals surface area contributed by atoms with Gasteiger partial charge in [-0.3, -0.25) is 4.79 Å². The second-order valence-corrected chi connectivity index (χ2v) is 7.27. The van der Waals surface area contributed by atoms with Crippen LogP contribution in [-0.4, -0.2) is 33.1 Å². The zero-order chi connectivity index (χ0) is 20.9. The minimum Gasteiger partial charge on any atom is -0.461 e. The summed E-state index contributed by atoms with van der Waals surface area (Å²) in [5, 5.41) is 4.05. The number of hydrogen-bond donors (Lipinski definition) is 1. The molecule has 0 radical (unpaired) electrons. The summed E-state index contributed by atoms with van der Waals surface area (Å²) in [4.78, 5) is 27.7. The van der Waals surface area contributed by atoms with Crippen molar-refractivity contribution in [2.24, 2.45) is 0 Å². The van der Waals surface area contributed by atoms with Gasteiger partial charge in [0.25, 0.3) is 5.56 Å². The quantitative estimate of drug-likeness (QED) is 0.636. The number of nitrogens with zero attached hydrogens (tertiary/aromatic N) is 2. The van der Waals surface area contributed by atoms with Gasteiger partial charge in [-0.2, -0.15) is 5.10 Å². The van der Waals surface area contributed by atoms with Crippen molar-refractivity contribution in [3.8, 4) is 11.3 Å². The molecule has 2 aromatic heterocycles. The lowest BCUT2D eigenvalue weighted by atomic mass is 9.76. The molecule has 1 aliphatic carbocycles. The van der Waals surface area contributed by atoms with Crippen LogP contribution in [0.4, 0.5) is 13.2 Å². The number of esters is 1. The molecule has 1 saturated carbocycles. The smallest absolute Gasteiger partial charge is 0.359 e.